The Morgan fingerprint density at radius 2 is 1.95 bits per heavy atom. The Bertz CT molecular complexity index is 478. The topological polar surface area (TPSA) is 96.6 Å². The van der Waals surface area contributed by atoms with E-state index < -0.39 is 11.9 Å². The standard InChI is InChI=1S/C14H19NO5/c1-2-3-4-5-6-10(16)9-12(17)15-13-8-7-11(20-13)14(18)19/h7-8H,2-6,9H2,1H3,(H,15,17)(H,18,19). The number of aromatic carboxylic acids is 1. The summed E-state index contributed by atoms with van der Waals surface area (Å²) in [6, 6.07) is 2.58. The number of carbonyl (C=O) groups is 3. The number of rotatable bonds is 9. The second-order valence-corrected chi connectivity index (χ2v) is 4.54. The molecule has 1 aromatic rings. The van der Waals surface area contributed by atoms with Crippen LogP contribution < -0.4 is 5.32 Å². The van der Waals surface area contributed by atoms with Crippen LogP contribution in [0.5, 0.6) is 0 Å². The molecule has 6 nitrogen and oxygen atoms in total. The van der Waals surface area contributed by atoms with Crippen LogP contribution >= 0.6 is 0 Å². The average molecular weight is 281 g/mol. The fourth-order valence-electron chi connectivity index (χ4n) is 1.72. The summed E-state index contributed by atoms with van der Waals surface area (Å²) in [4.78, 5) is 33.7. The number of carbonyl (C=O) groups excluding carboxylic acids is 2. The van der Waals surface area contributed by atoms with E-state index in [0.717, 1.165) is 25.7 Å². The summed E-state index contributed by atoms with van der Waals surface area (Å²) in [5.74, 6) is -2.05. The second kappa shape index (κ2) is 8.14. The molecule has 0 bridgehead atoms. The number of amides is 1. The molecule has 0 spiro atoms. The van der Waals surface area contributed by atoms with Crippen molar-refractivity contribution in [2.24, 2.45) is 0 Å². The summed E-state index contributed by atoms with van der Waals surface area (Å²) in [5.41, 5.74) is 0. The van der Waals surface area contributed by atoms with Crippen LogP contribution in [-0.4, -0.2) is 22.8 Å². The minimum absolute atomic E-state index is 0.0335. The maximum absolute atomic E-state index is 11.6. The molecule has 0 aliphatic heterocycles. The summed E-state index contributed by atoms with van der Waals surface area (Å²) in [6.07, 6.45) is 4.15. The predicted octanol–water partition coefficient (Wildman–Crippen LogP) is 2.85. The summed E-state index contributed by atoms with van der Waals surface area (Å²) in [5, 5.41) is 11.0. The lowest BCUT2D eigenvalue weighted by molar-refractivity contribution is -0.125. The van der Waals surface area contributed by atoms with Crippen molar-refractivity contribution in [3.05, 3.63) is 17.9 Å². The third kappa shape index (κ3) is 5.69. The molecule has 1 heterocycles. The van der Waals surface area contributed by atoms with Crippen LogP contribution in [0.3, 0.4) is 0 Å². The van der Waals surface area contributed by atoms with Gasteiger partial charge in [0.1, 0.15) is 5.78 Å². The number of hydrogen-bond donors (Lipinski definition) is 2. The Morgan fingerprint density at radius 3 is 2.55 bits per heavy atom. The van der Waals surface area contributed by atoms with Crippen LogP contribution in [0.2, 0.25) is 0 Å². The molecule has 0 radical (unpaired) electrons. The molecule has 2 N–H and O–H groups in total. The highest BCUT2D eigenvalue weighted by molar-refractivity contribution is 6.03. The first-order chi connectivity index (χ1) is 9.52. The van der Waals surface area contributed by atoms with Crippen LogP contribution in [0.25, 0.3) is 0 Å². The van der Waals surface area contributed by atoms with Crippen molar-refractivity contribution in [1.82, 2.24) is 0 Å². The van der Waals surface area contributed by atoms with Crippen molar-refractivity contribution in [2.75, 3.05) is 5.32 Å². The third-order valence-corrected chi connectivity index (χ3v) is 2.75. The Hall–Kier alpha value is -2.11. The van der Waals surface area contributed by atoms with E-state index in [1.165, 1.54) is 12.1 Å². The van der Waals surface area contributed by atoms with Gasteiger partial charge < -0.3 is 9.52 Å². The normalized spacial score (nSPS) is 10.2. The van der Waals surface area contributed by atoms with Crippen LogP contribution in [0.1, 0.15) is 56.0 Å². The van der Waals surface area contributed by atoms with Gasteiger partial charge in [0.25, 0.3) is 0 Å². The predicted molar refractivity (Wildman–Crippen MR) is 72.7 cm³/mol. The Morgan fingerprint density at radius 1 is 1.20 bits per heavy atom. The van der Waals surface area contributed by atoms with Gasteiger partial charge in [-0.25, -0.2) is 4.79 Å². The highest BCUT2D eigenvalue weighted by atomic mass is 16.4. The fourth-order valence-corrected chi connectivity index (χ4v) is 1.72. The molecule has 110 valence electrons. The molecule has 1 rings (SSSR count). The zero-order valence-electron chi connectivity index (χ0n) is 11.5. The molecule has 0 unspecified atom stereocenters. The van der Waals surface area contributed by atoms with Crippen molar-refractivity contribution in [3.63, 3.8) is 0 Å². The van der Waals surface area contributed by atoms with E-state index in [4.69, 9.17) is 9.52 Å². The molecular formula is C14H19NO5. The molecule has 0 aromatic carbocycles. The number of nitrogens with one attached hydrogen (secondary N) is 1. The lowest BCUT2D eigenvalue weighted by Gasteiger charge is -2.02. The maximum atomic E-state index is 11.6. The number of unbranched alkanes of at least 4 members (excludes halogenated alkanes) is 3. The number of hydrogen-bond acceptors (Lipinski definition) is 4. The minimum Gasteiger partial charge on any atom is -0.475 e. The zero-order valence-corrected chi connectivity index (χ0v) is 11.5. The highest BCUT2D eigenvalue weighted by Gasteiger charge is 2.13. The van der Waals surface area contributed by atoms with Crippen LogP contribution in [0.15, 0.2) is 16.5 Å². The largest absolute Gasteiger partial charge is 0.475 e. The first kappa shape index (κ1) is 15.9. The van der Waals surface area contributed by atoms with Crippen LogP contribution in [0.4, 0.5) is 5.88 Å². The van der Waals surface area contributed by atoms with Gasteiger partial charge in [0, 0.05) is 12.5 Å². The molecule has 1 amide bonds. The van der Waals surface area contributed by atoms with Crippen molar-refractivity contribution >= 4 is 23.5 Å². The summed E-state index contributed by atoms with van der Waals surface area (Å²) < 4.78 is 4.87. The summed E-state index contributed by atoms with van der Waals surface area (Å²) >= 11 is 0. The van der Waals surface area contributed by atoms with Gasteiger partial charge in [0.2, 0.25) is 17.6 Å². The van der Waals surface area contributed by atoms with Crippen molar-refractivity contribution in [1.29, 1.82) is 0 Å². The monoisotopic (exact) mass is 281 g/mol. The molecule has 0 aliphatic carbocycles. The number of Topliss-reactive ketones (excluding diaryl/α,β-unsaturated/α-hetero) is 1. The quantitative estimate of drug-likeness (QED) is 0.536. The summed E-state index contributed by atoms with van der Waals surface area (Å²) in [6.45, 7) is 2.09. The Kier molecular flexibility index (Phi) is 6.49. The first-order valence-corrected chi connectivity index (χ1v) is 6.67. The molecular weight excluding hydrogens is 262 g/mol. The number of carboxylic acids is 1. The van der Waals surface area contributed by atoms with Gasteiger partial charge in [-0.3, -0.25) is 14.9 Å². The molecule has 0 atom stereocenters. The van der Waals surface area contributed by atoms with E-state index in [1.54, 1.807) is 0 Å². The molecule has 0 aliphatic rings. The summed E-state index contributed by atoms with van der Waals surface area (Å²) in [7, 11) is 0. The van der Waals surface area contributed by atoms with E-state index >= 15 is 0 Å². The number of furan rings is 1. The van der Waals surface area contributed by atoms with Gasteiger partial charge in [-0.15, -0.1) is 0 Å². The molecule has 0 saturated carbocycles. The van der Waals surface area contributed by atoms with Crippen LogP contribution in [0, 0.1) is 0 Å². The first-order valence-electron chi connectivity index (χ1n) is 6.67. The third-order valence-electron chi connectivity index (χ3n) is 2.75. The molecule has 20 heavy (non-hydrogen) atoms. The fraction of sp³-hybridized carbons (Fsp3) is 0.500. The molecule has 0 saturated heterocycles. The van der Waals surface area contributed by atoms with E-state index in [2.05, 4.69) is 12.2 Å². The van der Waals surface area contributed by atoms with Gasteiger partial charge in [-0.2, -0.15) is 0 Å². The second-order valence-electron chi connectivity index (χ2n) is 4.54. The minimum atomic E-state index is -1.21. The van der Waals surface area contributed by atoms with Gasteiger partial charge >= 0.3 is 5.97 Å². The molecule has 1 aromatic heterocycles. The van der Waals surface area contributed by atoms with E-state index in [1.807, 2.05) is 0 Å². The lowest BCUT2D eigenvalue weighted by atomic mass is 10.1. The van der Waals surface area contributed by atoms with Crippen LogP contribution in [-0.2, 0) is 9.59 Å². The van der Waals surface area contributed by atoms with Gasteiger partial charge in [0.15, 0.2) is 0 Å². The number of carboxylic acid groups (broad SMARTS) is 1. The zero-order chi connectivity index (χ0) is 15.0. The average Bonchev–Trinajstić information content (AvgIpc) is 2.83. The number of ketones is 1. The molecule has 6 heteroatoms. The Balaban J connectivity index is 2.31. The number of anilines is 1. The Labute approximate surface area is 117 Å². The van der Waals surface area contributed by atoms with E-state index in [9.17, 15) is 14.4 Å². The van der Waals surface area contributed by atoms with E-state index in [-0.39, 0.29) is 23.8 Å². The van der Waals surface area contributed by atoms with E-state index in [0.29, 0.717) is 6.42 Å². The van der Waals surface area contributed by atoms with Gasteiger partial charge in [0.05, 0.1) is 6.42 Å². The SMILES string of the molecule is CCCCCCC(=O)CC(=O)Nc1ccc(C(=O)O)o1. The maximum Gasteiger partial charge on any atom is 0.371 e. The molecule has 0 fully saturated rings. The van der Waals surface area contributed by atoms with Gasteiger partial charge in [-0.1, -0.05) is 26.2 Å². The van der Waals surface area contributed by atoms with Crippen molar-refractivity contribution < 1.29 is 23.9 Å². The van der Waals surface area contributed by atoms with Crippen molar-refractivity contribution in [3.8, 4) is 0 Å². The van der Waals surface area contributed by atoms with Crippen molar-refractivity contribution in [2.45, 2.75) is 45.4 Å². The highest BCUT2D eigenvalue weighted by Crippen LogP contribution is 2.13. The van der Waals surface area contributed by atoms with Gasteiger partial charge in [-0.05, 0) is 12.5 Å². The smallest absolute Gasteiger partial charge is 0.371 e. The lowest BCUT2D eigenvalue weighted by Crippen LogP contribution is -2.16.